The van der Waals surface area contributed by atoms with Gasteiger partial charge in [0.05, 0.1) is 17.1 Å². The maximum absolute atomic E-state index is 12.3. The van der Waals surface area contributed by atoms with Gasteiger partial charge < -0.3 is 10.1 Å². The molecule has 1 atom stereocenters. The Morgan fingerprint density at radius 1 is 1.56 bits per heavy atom. The molecule has 1 aliphatic heterocycles. The first kappa shape index (κ1) is 13.6. The molecule has 1 saturated heterocycles. The summed E-state index contributed by atoms with van der Waals surface area (Å²) in [6.07, 6.45) is 2.48. The van der Waals surface area contributed by atoms with Gasteiger partial charge in [-0.15, -0.1) is 0 Å². The topological polar surface area (TPSA) is 38.3 Å². The molecule has 3 nitrogen and oxygen atoms in total. The lowest BCUT2D eigenvalue weighted by Gasteiger charge is -2.22. The Labute approximate surface area is 116 Å². The van der Waals surface area contributed by atoms with E-state index in [1.54, 1.807) is 7.11 Å². The highest BCUT2D eigenvalue weighted by Gasteiger charge is 2.35. The lowest BCUT2D eigenvalue weighted by Crippen LogP contribution is -2.45. The number of halogens is 1. The number of nitrogens with one attached hydrogen (secondary N) is 1. The summed E-state index contributed by atoms with van der Waals surface area (Å²) in [5.41, 5.74) is 0.675. The molecule has 18 heavy (non-hydrogen) atoms. The summed E-state index contributed by atoms with van der Waals surface area (Å²) in [4.78, 5) is 12.3. The van der Waals surface area contributed by atoms with Gasteiger partial charge in [-0.25, -0.2) is 0 Å². The minimum absolute atomic E-state index is 0.261. The van der Waals surface area contributed by atoms with Gasteiger partial charge in [-0.3, -0.25) is 4.79 Å². The van der Waals surface area contributed by atoms with Gasteiger partial charge in [-0.2, -0.15) is 0 Å². The molecule has 1 heterocycles. The highest BCUT2D eigenvalue weighted by Crippen LogP contribution is 2.27. The fourth-order valence-corrected chi connectivity index (χ4v) is 2.92. The van der Waals surface area contributed by atoms with E-state index in [-0.39, 0.29) is 11.3 Å². The fraction of sp³-hybridized carbons (Fsp3) is 0.500. The smallest absolute Gasteiger partial charge is 0.156 e. The summed E-state index contributed by atoms with van der Waals surface area (Å²) in [7, 11) is 1.63. The van der Waals surface area contributed by atoms with Crippen molar-refractivity contribution in [3.63, 3.8) is 0 Å². The van der Waals surface area contributed by atoms with Gasteiger partial charge in [0, 0.05) is 6.42 Å². The third-order valence-electron chi connectivity index (χ3n) is 3.57. The molecule has 0 saturated carbocycles. The van der Waals surface area contributed by atoms with Gasteiger partial charge in [0.15, 0.2) is 5.78 Å². The molecule has 1 aliphatic rings. The van der Waals surface area contributed by atoms with Crippen LogP contribution >= 0.6 is 15.9 Å². The Kier molecular flexibility index (Phi) is 4.07. The third-order valence-corrected chi connectivity index (χ3v) is 4.18. The first-order valence-corrected chi connectivity index (χ1v) is 6.95. The van der Waals surface area contributed by atoms with Crippen molar-refractivity contribution in [2.75, 3.05) is 13.7 Å². The monoisotopic (exact) mass is 311 g/mol. The molecule has 0 aliphatic carbocycles. The molecule has 0 bridgehead atoms. The van der Waals surface area contributed by atoms with E-state index in [4.69, 9.17) is 4.74 Å². The van der Waals surface area contributed by atoms with Gasteiger partial charge in [-0.05, 0) is 59.9 Å². The maximum Gasteiger partial charge on any atom is 0.156 e. The Balaban J connectivity index is 2.09. The Morgan fingerprint density at radius 2 is 2.33 bits per heavy atom. The van der Waals surface area contributed by atoms with Crippen LogP contribution in [0.4, 0.5) is 0 Å². The van der Waals surface area contributed by atoms with Crippen LogP contribution in [0, 0.1) is 0 Å². The number of methoxy groups -OCH3 is 1. The van der Waals surface area contributed by atoms with Crippen molar-refractivity contribution in [2.45, 2.75) is 31.7 Å². The predicted molar refractivity (Wildman–Crippen MR) is 75.0 cm³/mol. The Morgan fingerprint density at radius 3 is 2.89 bits per heavy atom. The van der Waals surface area contributed by atoms with E-state index in [0.717, 1.165) is 35.2 Å². The van der Waals surface area contributed by atoms with Crippen molar-refractivity contribution in [2.24, 2.45) is 0 Å². The molecular weight excluding hydrogens is 294 g/mol. The standard InChI is InChI=1S/C14H18BrNO2/c1-14(6-3-7-16-14)13(17)9-10-4-5-12(18-2)11(15)8-10/h4-5,8,16H,3,6-7,9H2,1-2H3. The van der Waals surface area contributed by atoms with Crippen LogP contribution in [0.15, 0.2) is 22.7 Å². The quantitative estimate of drug-likeness (QED) is 0.929. The number of ether oxygens (including phenoxy) is 1. The number of hydrogen-bond acceptors (Lipinski definition) is 3. The van der Waals surface area contributed by atoms with Gasteiger partial charge in [0.2, 0.25) is 0 Å². The van der Waals surface area contributed by atoms with Crippen LogP contribution < -0.4 is 10.1 Å². The zero-order valence-corrected chi connectivity index (χ0v) is 12.3. The summed E-state index contributed by atoms with van der Waals surface area (Å²) in [5.74, 6) is 1.05. The van der Waals surface area contributed by atoms with E-state index in [9.17, 15) is 4.79 Å². The number of carbonyl (C=O) groups is 1. The number of benzene rings is 1. The molecule has 1 N–H and O–H groups in total. The van der Waals surface area contributed by atoms with Crippen LogP contribution in [-0.4, -0.2) is 25.0 Å². The second kappa shape index (κ2) is 5.41. The van der Waals surface area contributed by atoms with E-state index in [0.29, 0.717) is 6.42 Å². The number of carbonyl (C=O) groups excluding carboxylic acids is 1. The summed E-state index contributed by atoms with van der Waals surface area (Å²) in [6.45, 7) is 2.94. The molecule has 0 aromatic heterocycles. The van der Waals surface area contributed by atoms with Crippen molar-refractivity contribution in [3.05, 3.63) is 28.2 Å². The van der Waals surface area contributed by atoms with Crippen LogP contribution in [0.1, 0.15) is 25.3 Å². The van der Waals surface area contributed by atoms with E-state index in [2.05, 4.69) is 21.2 Å². The largest absolute Gasteiger partial charge is 0.496 e. The average molecular weight is 312 g/mol. The molecule has 4 heteroatoms. The lowest BCUT2D eigenvalue weighted by atomic mass is 9.90. The van der Waals surface area contributed by atoms with Crippen molar-refractivity contribution >= 4 is 21.7 Å². The molecular formula is C14H18BrNO2. The van der Waals surface area contributed by atoms with Gasteiger partial charge in [0.1, 0.15) is 5.75 Å². The molecule has 0 spiro atoms. The second-order valence-electron chi connectivity index (χ2n) is 4.93. The molecule has 1 fully saturated rings. The number of Topliss-reactive ketones (excluding diaryl/α,β-unsaturated/α-hetero) is 1. The zero-order valence-electron chi connectivity index (χ0n) is 10.8. The molecule has 98 valence electrons. The molecule has 2 rings (SSSR count). The summed E-state index contributed by atoms with van der Waals surface area (Å²) >= 11 is 3.44. The highest BCUT2D eigenvalue weighted by atomic mass is 79.9. The number of ketones is 1. The van der Waals surface area contributed by atoms with E-state index < -0.39 is 0 Å². The predicted octanol–water partition coefficient (Wildman–Crippen LogP) is 2.71. The normalized spacial score (nSPS) is 23.1. The Bertz CT molecular complexity index is 453. The van der Waals surface area contributed by atoms with Gasteiger partial charge >= 0.3 is 0 Å². The van der Waals surface area contributed by atoms with Crippen molar-refractivity contribution in [1.82, 2.24) is 5.32 Å². The Hall–Kier alpha value is -0.870. The maximum atomic E-state index is 12.3. The van der Waals surface area contributed by atoms with Crippen LogP contribution in [0.3, 0.4) is 0 Å². The summed E-state index contributed by atoms with van der Waals surface area (Å²) in [5, 5.41) is 3.30. The second-order valence-corrected chi connectivity index (χ2v) is 5.79. The van der Waals surface area contributed by atoms with Crippen molar-refractivity contribution in [1.29, 1.82) is 0 Å². The first-order valence-electron chi connectivity index (χ1n) is 6.16. The number of hydrogen-bond donors (Lipinski definition) is 1. The average Bonchev–Trinajstić information content (AvgIpc) is 2.78. The van der Waals surface area contributed by atoms with Crippen LogP contribution in [-0.2, 0) is 11.2 Å². The summed E-state index contributed by atoms with van der Waals surface area (Å²) < 4.78 is 6.07. The molecule has 1 unspecified atom stereocenters. The first-order chi connectivity index (χ1) is 8.55. The van der Waals surface area contributed by atoms with Crippen LogP contribution in [0.25, 0.3) is 0 Å². The van der Waals surface area contributed by atoms with Crippen LogP contribution in [0.5, 0.6) is 5.75 Å². The SMILES string of the molecule is COc1ccc(CC(=O)C2(C)CCCN2)cc1Br. The van der Waals surface area contributed by atoms with Crippen molar-refractivity contribution < 1.29 is 9.53 Å². The van der Waals surface area contributed by atoms with E-state index >= 15 is 0 Å². The van der Waals surface area contributed by atoms with Gasteiger partial charge in [0.25, 0.3) is 0 Å². The molecule has 1 aromatic rings. The fourth-order valence-electron chi connectivity index (χ4n) is 2.33. The summed E-state index contributed by atoms with van der Waals surface area (Å²) in [6, 6.07) is 5.78. The molecule has 0 radical (unpaired) electrons. The lowest BCUT2D eigenvalue weighted by molar-refractivity contribution is -0.123. The van der Waals surface area contributed by atoms with Crippen LogP contribution in [0.2, 0.25) is 0 Å². The van der Waals surface area contributed by atoms with Crippen molar-refractivity contribution in [3.8, 4) is 5.75 Å². The van der Waals surface area contributed by atoms with Gasteiger partial charge in [-0.1, -0.05) is 6.07 Å². The highest BCUT2D eigenvalue weighted by molar-refractivity contribution is 9.10. The van der Waals surface area contributed by atoms with E-state index in [1.165, 1.54) is 0 Å². The van der Waals surface area contributed by atoms with E-state index in [1.807, 2.05) is 25.1 Å². The minimum atomic E-state index is -0.341. The molecule has 0 amide bonds. The number of rotatable bonds is 4. The minimum Gasteiger partial charge on any atom is -0.496 e. The zero-order chi connectivity index (χ0) is 13.2. The molecule has 1 aromatic carbocycles. The third kappa shape index (κ3) is 2.75.